The Morgan fingerprint density at radius 3 is 2.44 bits per heavy atom. The van der Waals surface area contributed by atoms with Crippen molar-refractivity contribution in [3.8, 4) is 0 Å². The predicted octanol–water partition coefficient (Wildman–Crippen LogP) is 1.90. The maximum absolute atomic E-state index is 12.3. The lowest BCUT2D eigenvalue weighted by Crippen LogP contribution is -2.39. The van der Waals surface area contributed by atoms with Gasteiger partial charge in [-0.1, -0.05) is 18.2 Å². The molecule has 0 saturated heterocycles. The van der Waals surface area contributed by atoms with Crippen LogP contribution in [-0.2, 0) is 16.4 Å². The predicted molar refractivity (Wildman–Crippen MR) is 52.5 cm³/mol. The number of fused-ring (bicyclic) bond motifs is 1. The van der Waals surface area contributed by atoms with E-state index in [0.29, 0.717) is 16.3 Å². The van der Waals surface area contributed by atoms with Gasteiger partial charge in [-0.05, 0) is 18.1 Å². The molecule has 0 bridgehead atoms. The Kier molecular flexibility index (Phi) is 2.37. The molecule has 2 rings (SSSR count). The molecule has 0 fully saturated rings. The lowest BCUT2D eigenvalue weighted by atomic mass is 10.2. The highest BCUT2D eigenvalue weighted by Gasteiger charge is 2.51. The highest BCUT2D eigenvalue weighted by molar-refractivity contribution is 7.93. The Morgan fingerprint density at radius 2 is 1.81 bits per heavy atom. The number of benzene rings is 1. The van der Waals surface area contributed by atoms with Gasteiger partial charge in [-0.2, -0.15) is 21.6 Å². The molecule has 0 aromatic heterocycles. The van der Waals surface area contributed by atoms with Gasteiger partial charge in [-0.15, -0.1) is 0 Å². The third kappa shape index (κ3) is 1.55. The van der Waals surface area contributed by atoms with E-state index in [1.807, 2.05) is 0 Å². The third-order valence-electron chi connectivity index (χ3n) is 2.43. The van der Waals surface area contributed by atoms with Crippen LogP contribution in [0.4, 0.5) is 18.9 Å². The molecule has 0 amide bonds. The summed E-state index contributed by atoms with van der Waals surface area (Å²) in [6.45, 7) is -0.152. The molecule has 1 aliphatic heterocycles. The first kappa shape index (κ1) is 11.3. The summed E-state index contributed by atoms with van der Waals surface area (Å²) in [4.78, 5) is 0. The second kappa shape index (κ2) is 3.38. The minimum Gasteiger partial charge on any atom is -0.262 e. The number of anilines is 1. The average Bonchev–Trinajstić information content (AvgIpc) is 2.59. The van der Waals surface area contributed by atoms with Crippen molar-refractivity contribution in [3.63, 3.8) is 0 Å². The van der Waals surface area contributed by atoms with Crippen LogP contribution in [0.5, 0.6) is 0 Å². The molecule has 0 aliphatic carbocycles. The molecule has 88 valence electrons. The van der Waals surface area contributed by atoms with Crippen molar-refractivity contribution in [2.45, 2.75) is 11.9 Å². The summed E-state index contributed by atoms with van der Waals surface area (Å²) in [6.07, 6.45) is 0.311. The largest absolute Gasteiger partial charge is 0.516 e. The van der Waals surface area contributed by atoms with Gasteiger partial charge in [0.05, 0.1) is 5.69 Å². The number of nitrogens with zero attached hydrogens (tertiary/aromatic N) is 1. The van der Waals surface area contributed by atoms with Gasteiger partial charge in [-0.25, -0.2) is 0 Å². The summed E-state index contributed by atoms with van der Waals surface area (Å²) < 4.78 is 59.9. The van der Waals surface area contributed by atoms with Crippen LogP contribution in [0.15, 0.2) is 24.3 Å². The fourth-order valence-corrected chi connectivity index (χ4v) is 2.70. The number of para-hydroxylation sites is 1. The molecule has 1 aromatic carbocycles. The molecule has 16 heavy (non-hydrogen) atoms. The number of rotatable bonds is 1. The lowest BCUT2D eigenvalue weighted by Gasteiger charge is -2.20. The molecule has 0 saturated carbocycles. The first-order valence-corrected chi connectivity index (χ1v) is 5.95. The molecular weight excluding hydrogens is 243 g/mol. The Hall–Kier alpha value is -1.24. The zero-order valence-electron chi connectivity index (χ0n) is 8.03. The first-order chi connectivity index (χ1) is 7.34. The van der Waals surface area contributed by atoms with Crippen LogP contribution < -0.4 is 4.31 Å². The molecule has 1 heterocycles. The van der Waals surface area contributed by atoms with Gasteiger partial charge < -0.3 is 0 Å². The minimum atomic E-state index is -5.26. The van der Waals surface area contributed by atoms with Gasteiger partial charge in [0.2, 0.25) is 0 Å². The van der Waals surface area contributed by atoms with Crippen LogP contribution in [0.25, 0.3) is 0 Å². The van der Waals surface area contributed by atoms with E-state index in [9.17, 15) is 21.6 Å². The fourth-order valence-electron chi connectivity index (χ4n) is 1.68. The summed E-state index contributed by atoms with van der Waals surface area (Å²) >= 11 is 0. The molecule has 0 atom stereocenters. The average molecular weight is 251 g/mol. The number of hydrogen-bond acceptors (Lipinski definition) is 2. The normalized spacial score (nSPS) is 16.3. The van der Waals surface area contributed by atoms with E-state index in [2.05, 4.69) is 0 Å². The van der Waals surface area contributed by atoms with Gasteiger partial charge in [0.1, 0.15) is 0 Å². The topological polar surface area (TPSA) is 37.4 Å². The van der Waals surface area contributed by atoms with Gasteiger partial charge in [-0.3, -0.25) is 4.31 Å². The summed E-state index contributed by atoms with van der Waals surface area (Å²) in [5.41, 5.74) is -4.50. The van der Waals surface area contributed by atoms with Gasteiger partial charge in [0.15, 0.2) is 0 Å². The quantitative estimate of drug-likeness (QED) is 0.764. The van der Waals surface area contributed by atoms with Crippen LogP contribution in [0.1, 0.15) is 5.56 Å². The van der Waals surface area contributed by atoms with Crippen molar-refractivity contribution in [2.75, 3.05) is 10.8 Å². The lowest BCUT2D eigenvalue weighted by molar-refractivity contribution is -0.0437. The van der Waals surface area contributed by atoms with Crippen LogP contribution in [-0.4, -0.2) is 20.5 Å². The van der Waals surface area contributed by atoms with E-state index in [1.54, 1.807) is 12.1 Å². The number of alkyl halides is 3. The highest BCUT2D eigenvalue weighted by Crippen LogP contribution is 2.36. The highest BCUT2D eigenvalue weighted by atomic mass is 32.2. The van der Waals surface area contributed by atoms with E-state index in [4.69, 9.17) is 0 Å². The van der Waals surface area contributed by atoms with Crippen molar-refractivity contribution < 1.29 is 21.6 Å². The molecule has 0 spiro atoms. The van der Waals surface area contributed by atoms with Crippen LogP contribution in [0, 0.1) is 0 Å². The minimum absolute atomic E-state index is 0.125. The zero-order chi connectivity index (χ0) is 12.0. The Morgan fingerprint density at radius 1 is 1.19 bits per heavy atom. The van der Waals surface area contributed by atoms with E-state index in [1.165, 1.54) is 12.1 Å². The number of halogens is 3. The van der Waals surface area contributed by atoms with Crippen molar-refractivity contribution in [2.24, 2.45) is 0 Å². The SMILES string of the molecule is O=S(=O)(N1CCc2ccccc21)C(F)(F)F. The second-order valence-corrected chi connectivity index (χ2v) is 5.26. The molecule has 0 unspecified atom stereocenters. The van der Waals surface area contributed by atoms with Gasteiger partial charge in [0.25, 0.3) is 0 Å². The summed E-state index contributed by atoms with van der Waals surface area (Å²) in [6, 6.07) is 6.19. The molecule has 1 aliphatic rings. The van der Waals surface area contributed by atoms with Crippen LogP contribution >= 0.6 is 0 Å². The molecule has 1 aromatic rings. The summed E-state index contributed by atoms with van der Waals surface area (Å²) in [5, 5.41) is 0. The fraction of sp³-hybridized carbons (Fsp3) is 0.333. The molecule has 3 nitrogen and oxygen atoms in total. The Bertz CT molecular complexity index is 510. The van der Waals surface area contributed by atoms with Crippen molar-refractivity contribution in [1.29, 1.82) is 0 Å². The zero-order valence-corrected chi connectivity index (χ0v) is 8.85. The standard InChI is InChI=1S/C9H8F3NO2S/c10-9(11,12)16(14,15)13-6-5-7-3-1-2-4-8(7)13/h1-4H,5-6H2. The molecule has 0 N–H and O–H groups in total. The third-order valence-corrected chi connectivity index (χ3v) is 3.97. The molecule has 0 radical (unpaired) electrons. The first-order valence-electron chi connectivity index (χ1n) is 4.51. The smallest absolute Gasteiger partial charge is 0.262 e. The van der Waals surface area contributed by atoms with E-state index < -0.39 is 15.5 Å². The van der Waals surface area contributed by atoms with Gasteiger partial charge >= 0.3 is 15.5 Å². The van der Waals surface area contributed by atoms with E-state index >= 15 is 0 Å². The number of sulfonamides is 1. The Labute approximate surface area is 90.5 Å². The second-order valence-electron chi connectivity index (χ2n) is 3.40. The van der Waals surface area contributed by atoms with Crippen molar-refractivity contribution >= 4 is 15.7 Å². The summed E-state index contributed by atoms with van der Waals surface area (Å²) in [7, 11) is -5.26. The van der Waals surface area contributed by atoms with E-state index in [0.717, 1.165) is 0 Å². The molecular formula is C9H8F3NO2S. The van der Waals surface area contributed by atoms with E-state index in [-0.39, 0.29) is 12.2 Å². The molecule has 7 heteroatoms. The van der Waals surface area contributed by atoms with Crippen molar-refractivity contribution in [1.82, 2.24) is 0 Å². The maximum Gasteiger partial charge on any atom is 0.516 e. The number of hydrogen-bond donors (Lipinski definition) is 0. The van der Waals surface area contributed by atoms with Crippen LogP contribution in [0.3, 0.4) is 0 Å². The van der Waals surface area contributed by atoms with Gasteiger partial charge in [0, 0.05) is 6.54 Å². The van der Waals surface area contributed by atoms with Crippen LogP contribution in [0.2, 0.25) is 0 Å². The maximum atomic E-state index is 12.3. The monoisotopic (exact) mass is 251 g/mol. The summed E-state index contributed by atoms with van der Waals surface area (Å²) in [5.74, 6) is 0. The van der Waals surface area contributed by atoms with Crippen molar-refractivity contribution in [3.05, 3.63) is 29.8 Å². The Balaban J connectivity index is 2.48.